The molecule has 0 spiro atoms. The Bertz CT molecular complexity index is 666. The van der Waals surface area contributed by atoms with Gasteiger partial charge in [0.05, 0.1) is 0 Å². The van der Waals surface area contributed by atoms with Crippen LogP contribution in [-0.4, -0.2) is 60.2 Å². The van der Waals surface area contributed by atoms with Crippen molar-refractivity contribution in [2.75, 3.05) is 0 Å². The van der Waals surface area contributed by atoms with Crippen LogP contribution >= 0.6 is 0 Å². The predicted molar refractivity (Wildman–Crippen MR) is 58.1 cm³/mol. The van der Waals surface area contributed by atoms with Crippen molar-refractivity contribution in [1.29, 1.82) is 0 Å². The van der Waals surface area contributed by atoms with Crippen LogP contribution in [0.2, 0.25) is 0 Å². The minimum atomic E-state index is -8.26. The maximum Gasteiger partial charge on any atom is 0.460 e. The van der Waals surface area contributed by atoms with Gasteiger partial charge in [0.2, 0.25) is 0 Å². The number of hydrogen-bond acceptors (Lipinski definition) is 2. The second-order valence-electron chi connectivity index (χ2n) is 5.77. The van der Waals surface area contributed by atoms with Crippen LogP contribution in [0.1, 0.15) is 0 Å². The molecular weight excluding hydrogens is 563 g/mol. The molecule has 0 aromatic heterocycles. The summed E-state index contributed by atoms with van der Waals surface area (Å²) in [7, 11) is 0. The summed E-state index contributed by atoms with van der Waals surface area (Å²) in [5.74, 6) is -38.4. The maximum absolute atomic E-state index is 13.0. The normalized spacial score (nSPS) is 16.8. The Morgan fingerprint density at radius 1 is 0.324 bits per heavy atom. The first-order valence-corrected chi connectivity index (χ1v) is 6.89. The van der Waals surface area contributed by atoms with Crippen LogP contribution in [0.3, 0.4) is 0 Å². The summed E-state index contributed by atoms with van der Waals surface area (Å²) in [6, 6.07) is 0. The second kappa shape index (κ2) is 7.98. The first kappa shape index (κ1) is 32.4. The van der Waals surface area contributed by atoms with Gasteiger partial charge in [-0.2, -0.15) is 92.2 Å². The van der Waals surface area contributed by atoms with Gasteiger partial charge in [0.1, 0.15) is 0 Å². The molecule has 0 bridgehead atoms. The lowest BCUT2D eigenvalue weighted by Gasteiger charge is -2.38. The Morgan fingerprint density at radius 3 is 0.765 bits per heavy atom. The van der Waals surface area contributed by atoms with Crippen molar-refractivity contribution in [3.05, 3.63) is 6.92 Å². The average Bonchev–Trinajstić information content (AvgIpc) is 2.49. The van der Waals surface area contributed by atoms with E-state index in [1.54, 1.807) is 0 Å². The molecule has 0 saturated carbocycles. The molecule has 23 heteroatoms. The molecule has 0 saturated heterocycles. The fourth-order valence-electron chi connectivity index (χ4n) is 1.34. The van der Waals surface area contributed by atoms with E-state index in [0.717, 1.165) is 16.4 Å². The largest absolute Gasteiger partial charge is 0.460 e. The molecule has 0 aromatic carbocycles. The van der Waals surface area contributed by atoms with Crippen LogP contribution in [-0.2, 0) is 9.47 Å². The van der Waals surface area contributed by atoms with E-state index in [0.29, 0.717) is 0 Å². The van der Waals surface area contributed by atoms with E-state index in [2.05, 4.69) is 0 Å². The zero-order valence-electron chi connectivity index (χ0n) is 14.5. The summed E-state index contributed by atoms with van der Waals surface area (Å²) >= 11 is 0. The number of rotatable bonds is 10. The molecule has 2 nitrogen and oxygen atoms in total. The predicted octanol–water partition coefficient (Wildman–Crippen LogP) is 6.96. The van der Waals surface area contributed by atoms with Gasteiger partial charge in [0.25, 0.3) is 0 Å². The Labute approximate surface area is 170 Å². The van der Waals surface area contributed by atoms with Crippen LogP contribution in [0.5, 0.6) is 0 Å². The van der Waals surface area contributed by atoms with Crippen LogP contribution in [0.25, 0.3) is 0 Å². The van der Waals surface area contributed by atoms with E-state index >= 15 is 0 Å². The second-order valence-corrected chi connectivity index (χ2v) is 5.77. The molecule has 0 aliphatic heterocycles. The Balaban J connectivity index is 6.29. The van der Waals surface area contributed by atoms with Gasteiger partial charge in [-0.05, 0) is 0 Å². The summed E-state index contributed by atoms with van der Waals surface area (Å²) in [6.07, 6.45) is -39.9. The highest BCUT2D eigenvalue weighted by Crippen LogP contribution is 2.58. The third kappa shape index (κ3) is 4.90. The summed E-state index contributed by atoms with van der Waals surface area (Å²) < 4.78 is 268. The highest BCUT2D eigenvalue weighted by atomic mass is 19.4. The molecule has 0 aromatic rings. The molecule has 0 fully saturated rings. The van der Waals surface area contributed by atoms with E-state index in [1.165, 1.54) is 0 Å². The van der Waals surface area contributed by atoms with E-state index in [-0.39, 0.29) is 0 Å². The molecule has 0 rings (SSSR count). The zero-order valence-corrected chi connectivity index (χ0v) is 14.5. The van der Waals surface area contributed by atoms with Crippen LogP contribution in [0.4, 0.5) is 92.2 Å². The molecule has 0 heterocycles. The Kier molecular flexibility index (Phi) is 7.62. The summed E-state index contributed by atoms with van der Waals surface area (Å²) in [5, 5.41) is 0. The standard InChI is InChI=1S/C11H2F21O2/c1-2(12,13)3(14,15)5(18,19)8(25,26)33-10(29,30)11(31,32)34-9(27,28)6(20,21)4(16,17)7(22,23)24/h1H2. The van der Waals surface area contributed by atoms with Gasteiger partial charge >= 0.3 is 60.2 Å². The molecule has 0 atom stereocenters. The molecule has 0 aliphatic rings. The van der Waals surface area contributed by atoms with Gasteiger partial charge < -0.3 is 0 Å². The minimum Gasteiger partial charge on any atom is -0.243 e. The van der Waals surface area contributed by atoms with Gasteiger partial charge in [-0.1, -0.05) is 0 Å². The highest BCUT2D eigenvalue weighted by molar-refractivity contribution is 5.02. The number of alkyl halides is 21. The third-order valence-corrected chi connectivity index (χ3v) is 3.19. The van der Waals surface area contributed by atoms with Crippen molar-refractivity contribution in [3.8, 4) is 0 Å². The van der Waals surface area contributed by atoms with E-state index in [9.17, 15) is 92.2 Å². The van der Waals surface area contributed by atoms with Crippen molar-refractivity contribution < 1.29 is 102 Å². The molecule has 34 heavy (non-hydrogen) atoms. The molecule has 0 aliphatic carbocycles. The molecule has 0 amide bonds. The van der Waals surface area contributed by atoms with E-state index < -0.39 is 60.2 Å². The average molecular weight is 565 g/mol. The van der Waals surface area contributed by atoms with Crippen LogP contribution < -0.4 is 0 Å². The Hall–Kier alpha value is -1.55. The highest BCUT2D eigenvalue weighted by Gasteiger charge is 2.87. The van der Waals surface area contributed by atoms with Crippen molar-refractivity contribution in [3.63, 3.8) is 0 Å². The van der Waals surface area contributed by atoms with Crippen LogP contribution in [0.15, 0.2) is 0 Å². The summed E-state index contributed by atoms with van der Waals surface area (Å²) in [4.78, 5) is 0. The monoisotopic (exact) mass is 565 g/mol. The zero-order chi connectivity index (χ0) is 28.4. The molecule has 0 unspecified atom stereocenters. The lowest BCUT2D eigenvalue weighted by molar-refractivity contribution is -0.557. The van der Waals surface area contributed by atoms with Gasteiger partial charge in [0, 0.05) is 6.92 Å². The van der Waals surface area contributed by atoms with Gasteiger partial charge in [-0.15, -0.1) is 0 Å². The van der Waals surface area contributed by atoms with Crippen molar-refractivity contribution in [2.24, 2.45) is 0 Å². The minimum absolute atomic E-state index is 0.927. The molecule has 0 N–H and O–H groups in total. The van der Waals surface area contributed by atoms with Crippen molar-refractivity contribution in [2.45, 2.75) is 60.2 Å². The maximum atomic E-state index is 13.0. The number of hydrogen-bond donors (Lipinski definition) is 0. The first-order valence-electron chi connectivity index (χ1n) is 6.89. The Morgan fingerprint density at radius 2 is 0.559 bits per heavy atom. The van der Waals surface area contributed by atoms with Crippen LogP contribution in [0, 0.1) is 6.92 Å². The number of halogens is 21. The number of ether oxygens (including phenoxy) is 2. The van der Waals surface area contributed by atoms with E-state index in [1.807, 2.05) is 0 Å². The fourth-order valence-corrected chi connectivity index (χ4v) is 1.34. The fraction of sp³-hybridized carbons (Fsp3) is 0.909. The van der Waals surface area contributed by atoms with E-state index in [4.69, 9.17) is 0 Å². The van der Waals surface area contributed by atoms with Crippen molar-refractivity contribution >= 4 is 0 Å². The molecular formula is C11H2F21O2. The summed E-state index contributed by atoms with van der Waals surface area (Å²) in [6.45, 7) is 0.927. The van der Waals surface area contributed by atoms with Crippen molar-refractivity contribution in [1.82, 2.24) is 0 Å². The molecule has 1 radical (unpaired) electrons. The van der Waals surface area contributed by atoms with Gasteiger partial charge in [0.15, 0.2) is 0 Å². The SMILES string of the molecule is [CH2]C(F)(F)C(F)(F)C(F)(F)C(F)(F)OC(F)(F)C(F)(F)OC(F)(F)C(F)(F)C(F)(F)C(F)(F)F. The first-order chi connectivity index (χ1) is 14.2. The lowest BCUT2D eigenvalue weighted by atomic mass is 10.1. The molecule has 205 valence electrons. The van der Waals surface area contributed by atoms with Gasteiger partial charge in [-0.3, -0.25) is 0 Å². The lowest BCUT2D eigenvalue weighted by Crippen LogP contribution is -2.66. The summed E-state index contributed by atoms with van der Waals surface area (Å²) in [5.41, 5.74) is 0. The quantitative estimate of drug-likeness (QED) is 0.267. The smallest absolute Gasteiger partial charge is 0.243 e. The third-order valence-electron chi connectivity index (χ3n) is 3.19. The van der Waals surface area contributed by atoms with Gasteiger partial charge in [-0.25, -0.2) is 9.47 Å². The topological polar surface area (TPSA) is 18.5 Å².